The van der Waals surface area contributed by atoms with Crippen LogP contribution >= 0.6 is 0 Å². The quantitative estimate of drug-likeness (QED) is 0.688. The van der Waals surface area contributed by atoms with E-state index in [0.29, 0.717) is 13.2 Å². The molecule has 15 heavy (non-hydrogen) atoms. The molecular weight excluding hydrogens is 196 g/mol. The summed E-state index contributed by atoms with van der Waals surface area (Å²) < 4.78 is 16.3. The first kappa shape index (κ1) is 11.0. The molecule has 1 atom stereocenters. The van der Waals surface area contributed by atoms with Gasteiger partial charge in [0.05, 0.1) is 13.2 Å². The van der Waals surface area contributed by atoms with E-state index in [1.165, 1.54) is 0 Å². The second-order valence-corrected chi connectivity index (χ2v) is 4.71. The Morgan fingerprint density at radius 2 is 2.20 bits per heavy atom. The highest BCUT2D eigenvalue weighted by molar-refractivity contribution is 5.84. The number of hydrogen-bond donors (Lipinski definition) is 0. The van der Waals surface area contributed by atoms with Gasteiger partial charge in [0, 0.05) is 5.92 Å². The first-order valence-corrected chi connectivity index (χ1v) is 5.49. The molecule has 1 saturated carbocycles. The van der Waals surface area contributed by atoms with Crippen molar-refractivity contribution in [2.24, 2.45) is 5.92 Å². The summed E-state index contributed by atoms with van der Waals surface area (Å²) in [5, 5.41) is 0. The van der Waals surface area contributed by atoms with Crippen molar-refractivity contribution in [1.82, 2.24) is 0 Å². The molecule has 1 heterocycles. The Morgan fingerprint density at radius 3 is 2.73 bits per heavy atom. The van der Waals surface area contributed by atoms with Gasteiger partial charge in [0.2, 0.25) is 0 Å². The van der Waals surface area contributed by atoms with E-state index >= 15 is 0 Å². The molecule has 0 aromatic rings. The van der Waals surface area contributed by atoms with Crippen LogP contribution in [0.1, 0.15) is 26.7 Å². The van der Waals surface area contributed by atoms with Gasteiger partial charge >= 0.3 is 0 Å². The molecule has 1 saturated heterocycles. The molecule has 1 aliphatic heterocycles. The highest BCUT2D eigenvalue weighted by Gasteiger charge is 2.33. The summed E-state index contributed by atoms with van der Waals surface area (Å²) in [7, 11) is 0. The maximum absolute atomic E-state index is 11.3. The zero-order valence-corrected chi connectivity index (χ0v) is 9.32. The highest BCUT2D eigenvalue weighted by atomic mass is 16.7. The Balaban J connectivity index is 1.60. The van der Waals surface area contributed by atoms with E-state index < -0.39 is 5.79 Å². The fourth-order valence-corrected chi connectivity index (χ4v) is 1.66. The standard InChI is InChI=1S/C11H18O4/c1-11(2)14-6-9(15-11)5-13-7-10(12)8-3-4-8/h8-9H,3-7H2,1-2H3. The number of Topliss-reactive ketones (excluding diaryl/α,β-unsaturated/α-hetero) is 1. The number of carbonyl (C=O) groups excluding carboxylic acids is 1. The fourth-order valence-electron chi connectivity index (χ4n) is 1.66. The van der Waals surface area contributed by atoms with Crippen LogP contribution in [0.5, 0.6) is 0 Å². The lowest BCUT2D eigenvalue weighted by Crippen LogP contribution is -2.25. The Kier molecular flexibility index (Phi) is 3.09. The van der Waals surface area contributed by atoms with Crippen molar-refractivity contribution in [3.05, 3.63) is 0 Å². The van der Waals surface area contributed by atoms with Crippen LogP contribution in [0.2, 0.25) is 0 Å². The molecule has 86 valence electrons. The van der Waals surface area contributed by atoms with E-state index in [4.69, 9.17) is 14.2 Å². The first-order chi connectivity index (χ1) is 7.07. The molecule has 1 aliphatic carbocycles. The molecule has 0 spiro atoms. The van der Waals surface area contributed by atoms with Gasteiger partial charge < -0.3 is 14.2 Å². The van der Waals surface area contributed by atoms with Crippen LogP contribution in [-0.4, -0.2) is 37.5 Å². The molecule has 0 N–H and O–H groups in total. The minimum atomic E-state index is -0.505. The summed E-state index contributed by atoms with van der Waals surface area (Å²) in [5.74, 6) is 0.00417. The Bertz CT molecular complexity index is 245. The lowest BCUT2D eigenvalue weighted by atomic mass is 10.3. The highest BCUT2D eigenvalue weighted by Crippen LogP contribution is 2.29. The fraction of sp³-hybridized carbons (Fsp3) is 0.909. The van der Waals surface area contributed by atoms with Gasteiger partial charge in [-0.15, -0.1) is 0 Å². The molecule has 0 radical (unpaired) electrons. The van der Waals surface area contributed by atoms with Crippen molar-refractivity contribution in [1.29, 1.82) is 0 Å². The van der Waals surface area contributed by atoms with Gasteiger partial charge in [0.15, 0.2) is 11.6 Å². The predicted octanol–water partition coefficient (Wildman–Crippen LogP) is 1.13. The van der Waals surface area contributed by atoms with Crippen molar-refractivity contribution >= 4 is 5.78 Å². The van der Waals surface area contributed by atoms with Crippen LogP contribution < -0.4 is 0 Å². The average Bonchev–Trinajstić information content (AvgIpc) is 2.92. The van der Waals surface area contributed by atoms with Gasteiger partial charge in [-0.3, -0.25) is 4.79 Å². The third-order valence-electron chi connectivity index (χ3n) is 2.65. The van der Waals surface area contributed by atoms with Crippen molar-refractivity contribution in [2.45, 2.75) is 38.6 Å². The monoisotopic (exact) mass is 214 g/mol. The summed E-state index contributed by atoms with van der Waals surface area (Å²) in [6, 6.07) is 0. The second-order valence-electron chi connectivity index (χ2n) is 4.71. The largest absolute Gasteiger partial charge is 0.371 e. The van der Waals surface area contributed by atoms with E-state index in [-0.39, 0.29) is 24.4 Å². The molecular formula is C11H18O4. The number of ketones is 1. The number of hydrogen-bond acceptors (Lipinski definition) is 4. The molecule has 2 fully saturated rings. The third kappa shape index (κ3) is 3.26. The summed E-state index contributed by atoms with van der Waals surface area (Å²) >= 11 is 0. The van der Waals surface area contributed by atoms with Crippen LogP contribution in [0.4, 0.5) is 0 Å². The topological polar surface area (TPSA) is 44.8 Å². The second kappa shape index (κ2) is 4.20. The lowest BCUT2D eigenvalue weighted by Gasteiger charge is -2.16. The Labute approximate surface area is 89.9 Å². The van der Waals surface area contributed by atoms with Gasteiger partial charge in [0.25, 0.3) is 0 Å². The first-order valence-electron chi connectivity index (χ1n) is 5.49. The Morgan fingerprint density at radius 1 is 1.47 bits per heavy atom. The van der Waals surface area contributed by atoms with Gasteiger partial charge in [-0.25, -0.2) is 0 Å². The van der Waals surface area contributed by atoms with Gasteiger partial charge in [-0.2, -0.15) is 0 Å². The maximum atomic E-state index is 11.3. The zero-order chi connectivity index (χ0) is 10.9. The summed E-state index contributed by atoms with van der Waals surface area (Å²) in [5.41, 5.74) is 0. The molecule has 2 rings (SSSR count). The van der Waals surface area contributed by atoms with Gasteiger partial charge in [-0.05, 0) is 26.7 Å². The molecule has 4 heteroatoms. The van der Waals surface area contributed by atoms with Gasteiger partial charge in [0.1, 0.15) is 12.7 Å². The minimum Gasteiger partial charge on any atom is -0.371 e. The van der Waals surface area contributed by atoms with Crippen LogP contribution in [0.3, 0.4) is 0 Å². The molecule has 2 aliphatic rings. The SMILES string of the molecule is CC1(C)OCC(COCC(=O)C2CC2)O1. The normalized spacial score (nSPS) is 29.3. The smallest absolute Gasteiger partial charge is 0.163 e. The molecule has 0 bridgehead atoms. The van der Waals surface area contributed by atoms with Crippen LogP contribution in [0, 0.1) is 5.92 Å². The van der Waals surface area contributed by atoms with E-state index in [2.05, 4.69) is 0 Å². The molecule has 1 unspecified atom stereocenters. The van der Waals surface area contributed by atoms with Crippen molar-refractivity contribution in [2.75, 3.05) is 19.8 Å². The van der Waals surface area contributed by atoms with Crippen LogP contribution in [0.25, 0.3) is 0 Å². The minimum absolute atomic E-state index is 0.0352. The lowest BCUT2D eigenvalue weighted by molar-refractivity contribution is -0.146. The zero-order valence-electron chi connectivity index (χ0n) is 9.32. The van der Waals surface area contributed by atoms with E-state index in [9.17, 15) is 4.79 Å². The third-order valence-corrected chi connectivity index (χ3v) is 2.65. The average molecular weight is 214 g/mol. The van der Waals surface area contributed by atoms with Crippen molar-refractivity contribution in [3.63, 3.8) is 0 Å². The van der Waals surface area contributed by atoms with E-state index in [0.717, 1.165) is 12.8 Å². The summed E-state index contributed by atoms with van der Waals surface area (Å²) in [6.45, 7) is 4.97. The van der Waals surface area contributed by atoms with Gasteiger partial charge in [-0.1, -0.05) is 0 Å². The number of rotatable bonds is 5. The predicted molar refractivity (Wildman–Crippen MR) is 53.5 cm³/mol. The van der Waals surface area contributed by atoms with E-state index in [1.807, 2.05) is 13.8 Å². The van der Waals surface area contributed by atoms with E-state index in [1.54, 1.807) is 0 Å². The summed E-state index contributed by atoms with van der Waals surface area (Å²) in [6.07, 6.45) is 2.04. The van der Waals surface area contributed by atoms with Crippen LogP contribution in [0.15, 0.2) is 0 Å². The number of carbonyl (C=O) groups is 1. The van der Waals surface area contributed by atoms with Crippen molar-refractivity contribution in [3.8, 4) is 0 Å². The Hall–Kier alpha value is -0.450. The summed E-state index contributed by atoms with van der Waals surface area (Å²) in [4.78, 5) is 11.3. The van der Waals surface area contributed by atoms with Crippen molar-refractivity contribution < 1.29 is 19.0 Å². The number of ether oxygens (including phenoxy) is 3. The molecule has 0 amide bonds. The maximum Gasteiger partial charge on any atom is 0.163 e. The van der Waals surface area contributed by atoms with Crippen LogP contribution in [-0.2, 0) is 19.0 Å². The molecule has 0 aromatic heterocycles. The molecule has 0 aromatic carbocycles. The molecule has 4 nitrogen and oxygen atoms in total.